The van der Waals surface area contributed by atoms with Gasteiger partial charge in [0.25, 0.3) is 0 Å². The number of hydrogen-bond donors (Lipinski definition) is 1. The minimum atomic E-state index is 0.0192. The minimum absolute atomic E-state index is 0.0192. The fourth-order valence-electron chi connectivity index (χ4n) is 2.36. The molecule has 0 unspecified atom stereocenters. The summed E-state index contributed by atoms with van der Waals surface area (Å²) in [7, 11) is 2.12. The van der Waals surface area contributed by atoms with Crippen molar-refractivity contribution in [3.63, 3.8) is 0 Å². The maximum atomic E-state index is 9.11. The molecule has 1 atom stereocenters. The molecule has 0 radical (unpaired) electrons. The molecule has 0 saturated carbocycles. The van der Waals surface area contributed by atoms with Crippen molar-refractivity contribution in [1.29, 1.82) is 0 Å². The predicted molar refractivity (Wildman–Crippen MR) is 57.0 cm³/mol. The fourth-order valence-corrected chi connectivity index (χ4v) is 2.36. The standard InChI is InChI=1S/C12H17NO/c1-12(7-8-14)11-6-4-3-5-10(11)9-13(12)2/h3-6,14H,7-9H2,1-2H3/t12-/m1/s1. The summed E-state index contributed by atoms with van der Waals surface area (Å²) in [6.07, 6.45) is 0.806. The third-order valence-electron chi connectivity index (χ3n) is 3.45. The Hall–Kier alpha value is -0.860. The number of nitrogens with zero attached hydrogens (tertiary/aromatic N) is 1. The van der Waals surface area contributed by atoms with Crippen LogP contribution in [0.5, 0.6) is 0 Å². The monoisotopic (exact) mass is 191 g/mol. The maximum absolute atomic E-state index is 9.11. The second-order valence-electron chi connectivity index (χ2n) is 4.26. The summed E-state index contributed by atoms with van der Waals surface area (Å²) in [5.41, 5.74) is 2.79. The maximum Gasteiger partial charge on any atom is 0.0458 e. The van der Waals surface area contributed by atoms with Gasteiger partial charge in [-0.05, 0) is 31.5 Å². The number of hydrogen-bond acceptors (Lipinski definition) is 2. The van der Waals surface area contributed by atoms with Crippen LogP contribution in [-0.4, -0.2) is 23.7 Å². The quantitative estimate of drug-likeness (QED) is 0.769. The normalized spacial score (nSPS) is 26.5. The Morgan fingerprint density at radius 2 is 2.14 bits per heavy atom. The molecule has 0 fully saturated rings. The van der Waals surface area contributed by atoms with E-state index in [2.05, 4.69) is 43.1 Å². The van der Waals surface area contributed by atoms with Gasteiger partial charge in [-0.15, -0.1) is 0 Å². The first-order chi connectivity index (χ1) is 6.68. The van der Waals surface area contributed by atoms with Crippen LogP contribution in [-0.2, 0) is 12.1 Å². The van der Waals surface area contributed by atoms with Crippen LogP contribution in [0.1, 0.15) is 24.5 Å². The number of rotatable bonds is 2. The number of aliphatic hydroxyl groups is 1. The van der Waals surface area contributed by atoms with Crippen molar-refractivity contribution in [1.82, 2.24) is 4.90 Å². The van der Waals surface area contributed by atoms with Crippen LogP contribution < -0.4 is 0 Å². The smallest absolute Gasteiger partial charge is 0.0458 e. The van der Waals surface area contributed by atoms with Crippen LogP contribution >= 0.6 is 0 Å². The lowest BCUT2D eigenvalue weighted by Crippen LogP contribution is -2.36. The van der Waals surface area contributed by atoms with Crippen LogP contribution in [0.15, 0.2) is 24.3 Å². The van der Waals surface area contributed by atoms with Gasteiger partial charge in [0.2, 0.25) is 0 Å². The van der Waals surface area contributed by atoms with Crippen molar-refractivity contribution in [2.45, 2.75) is 25.4 Å². The predicted octanol–water partition coefficient (Wildman–Crippen LogP) is 1.73. The summed E-state index contributed by atoms with van der Waals surface area (Å²) in [5, 5.41) is 9.11. The van der Waals surface area contributed by atoms with Crippen LogP contribution in [0.25, 0.3) is 0 Å². The molecule has 1 aromatic rings. The van der Waals surface area contributed by atoms with E-state index < -0.39 is 0 Å². The Morgan fingerprint density at radius 3 is 2.86 bits per heavy atom. The second-order valence-corrected chi connectivity index (χ2v) is 4.26. The zero-order valence-electron chi connectivity index (χ0n) is 8.83. The molecule has 0 saturated heterocycles. The molecule has 1 aliphatic heterocycles. The Labute approximate surface area is 85.2 Å². The molecule has 0 bridgehead atoms. The Bertz CT molecular complexity index is 337. The average Bonchev–Trinajstić information content (AvgIpc) is 2.41. The van der Waals surface area contributed by atoms with Gasteiger partial charge in [0.1, 0.15) is 0 Å². The third-order valence-corrected chi connectivity index (χ3v) is 3.45. The summed E-state index contributed by atoms with van der Waals surface area (Å²) in [6, 6.07) is 8.51. The number of fused-ring (bicyclic) bond motifs is 1. The van der Waals surface area contributed by atoms with Crippen LogP contribution in [0, 0.1) is 0 Å². The molecule has 1 heterocycles. The highest BCUT2D eigenvalue weighted by Gasteiger charge is 2.37. The molecule has 2 rings (SSSR count). The van der Waals surface area contributed by atoms with Gasteiger partial charge in [-0.3, -0.25) is 4.90 Å². The molecule has 2 nitrogen and oxygen atoms in total. The molecule has 2 heteroatoms. The molecule has 1 aliphatic rings. The minimum Gasteiger partial charge on any atom is -0.396 e. The van der Waals surface area contributed by atoms with Crippen molar-refractivity contribution >= 4 is 0 Å². The lowest BCUT2D eigenvalue weighted by Gasteiger charge is -2.32. The molecule has 1 aromatic carbocycles. The van der Waals surface area contributed by atoms with E-state index in [-0.39, 0.29) is 12.1 Å². The summed E-state index contributed by atoms with van der Waals surface area (Å²) < 4.78 is 0. The van der Waals surface area contributed by atoms with Gasteiger partial charge in [-0.2, -0.15) is 0 Å². The molecule has 0 aliphatic carbocycles. The second kappa shape index (κ2) is 3.37. The van der Waals surface area contributed by atoms with E-state index in [0.29, 0.717) is 0 Å². The molecule has 0 spiro atoms. The van der Waals surface area contributed by atoms with Crippen molar-refractivity contribution in [3.8, 4) is 0 Å². The van der Waals surface area contributed by atoms with Gasteiger partial charge < -0.3 is 5.11 Å². The van der Waals surface area contributed by atoms with E-state index in [1.54, 1.807) is 0 Å². The first-order valence-corrected chi connectivity index (χ1v) is 5.09. The Morgan fingerprint density at radius 1 is 1.43 bits per heavy atom. The van der Waals surface area contributed by atoms with Crippen molar-refractivity contribution in [2.24, 2.45) is 0 Å². The zero-order valence-corrected chi connectivity index (χ0v) is 8.83. The number of benzene rings is 1. The highest BCUT2D eigenvalue weighted by molar-refractivity contribution is 5.37. The molecule has 0 aromatic heterocycles. The van der Waals surface area contributed by atoms with Crippen molar-refractivity contribution < 1.29 is 5.11 Å². The van der Waals surface area contributed by atoms with Gasteiger partial charge >= 0.3 is 0 Å². The van der Waals surface area contributed by atoms with E-state index in [1.807, 2.05) is 0 Å². The van der Waals surface area contributed by atoms with E-state index in [1.165, 1.54) is 11.1 Å². The van der Waals surface area contributed by atoms with Crippen LogP contribution in [0.2, 0.25) is 0 Å². The summed E-state index contributed by atoms with van der Waals surface area (Å²) in [5.74, 6) is 0. The molecule has 76 valence electrons. The largest absolute Gasteiger partial charge is 0.396 e. The lowest BCUT2D eigenvalue weighted by atomic mass is 9.89. The number of aliphatic hydroxyl groups excluding tert-OH is 1. The van der Waals surface area contributed by atoms with Gasteiger partial charge in [0.05, 0.1) is 0 Å². The van der Waals surface area contributed by atoms with Gasteiger partial charge in [-0.25, -0.2) is 0 Å². The SMILES string of the molecule is CN1Cc2ccccc2[C@@]1(C)CCO. The van der Waals surface area contributed by atoms with Crippen molar-refractivity contribution in [2.75, 3.05) is 13.7 Å². The summed E-state index contributed by atoms with van der Waals surface area (Å²) in [6.45, 7) is 3.44. The molecular weight excluding hydrogens is 174 g/mol. The Kier molecular flexibility index (Phi) is 2.33. The van der Waals surface area contributed by atoms with E-state index in [9.17, 15) is 0 Å². The topological polar surface area (TPSA) is 23.5 Å². The zero-order chi connectivity index (χ0) is 10.2. The lowest BCUT2D eigenvalue weighted by molar-refractivity contribution is 0.114. The average molecular weight is 191 g/mol. The van der Waals surface area contributed by atoms with Gasteiger partial charge in [-0.1, -0.05) is 24.3 Å². The van der Waals surface area contributed by atoms with Crippen LogP contribution in [0.3, 0.4) is 0 Å². The Balaban J connectivity index is 2.43. The van der Waals surface area contributed by atoms with E-state index in [4.69, 9.17) is 5.11 Å². The molecule has 1 N–H and O–H groups in total. The molecular formula is C12H17NO. The van der Waals surface area contributed by atoms with Crippen molar-refractivity contribution in [3.05, 3.63) is 35.4 Å². The van der Waals surface area contributed by atoms with Gasteiger partial charge in [0, 0.05) is 18.7 Å². The third kappa shape index (κ3) is 1.26. The highest BCUT2D eigenvalue weighted by atomic mass is 16.3. The fraction of sp³-hybridized carbons (Fsp3) is 0.500. The highest BCUT2D eigenvalue weighted by Crippen LogP contribution is 2.39. The van der Waals surface area contributed by atoms with E-state index >= 15 is 0 Å². The van der Waals surface area contributed by atoms with Gasteiger partial charge in [0.15, 0.2) is 0 Å². The molecule has 14 heavy (non-hydrogen) atoms. The van der Waals surface area contributed by atoms with E-state index in [0.717, 1.165) is 13.0 Å². The molecule has 0 amide bonds. The summed E-state index contributed by atoms with van der Waals surface area (Å²) >= 11 is 0. The first kappa shape index (κ1) is 9.69. The summed E-state index contributed by atoms with van der Waals surface area (Å²) in [4.78, 5) is 2.31. The van der Waals surface area contributed by atoms with Crippen LogP contribution in [0.4, 0.5) is 0 Å². The first-order valence-electron chi connectivity index (χ1n) is 5.09.